The molecule has 3 rings (SSSR count). The Balaban J connectivity index is 2.16. The fourth-order valence-electron chi connectivity index (χ4n) is 2.17. The lowest BCUT2D eigenvalue weighted by Gasteiger charge is -2.48. The minimum atomic E-state index is 0.232. The van der Waals surface area contributed by atoms with Gasteiger partial charge in [0.1, 0.15) is 0 Å². The van der Waals surface area contributed by atoms with Crippen molar-refractivity contribution >= 4 is 15.9 Å². The zero-order valence-electron chi connectivity index (χ0n) is 6.20. The lowest BCUT2D eigenvalue weighted by Crippen LogP contribution is -2.52. The van der Waals surface area contributed by atoms with E-state index in [2.05, 4.69) is 15.9 Å². The predicted octanol–water partition coefficient (Wildman–Crippen LogP) is 2.19. The Morgan fingerprint density at radius 2 is 1.30 bits per heavy atom. The van der Waals surface area contributed by atoms with Gasteiger partial charge >= 0.3 is 0 Å². The van der Waals surface area contributed by atoms with Crippen molar-refractivity contribution in [3.8, 4) is 0 Å². The van der Waals surface area contributed by atoms with Crippen LogP contribution >= 0.6 is 15.9 Å². The molecule has 3 saturated carbocycles. The second-order valence-electron chi connectivity index (χ2n) is 4.01. The normalized spacial score (nSPS) is 53.4. The zero-order chi connectivity index (χ0) is 7.24. The van der Waals surface area contributed by atoms with Crippen molar-refractivity contribution in [2.45, 2.75) is 48.4 Å². The summed E-state index contributed by atoms with van der Waals surface area (Å²) in [7, 11) is 0. The monoisotopic (exact) mass is 203 g/mol. The molecule has 0 aliphatic heterocycles. The third kappa shape index (κ3) is 1.02. The molecule has 10 heavy (non-hydrogen) atoms. The number of nitrogens with two attached hydrogens (primary N) is 1. The Labute approximate surface area is 70.5 Å². The van der Waals surface area contributed by atoms with Crippen LogP contribution in [0.4, 0.5) is 0 Å². The first kappa shape index (κ1) is 7.11. The van der Waals surface area contributed by atoms with Gasteiger partial charge in [-0.2, -0.15) is 0 Å². The molecule has 2 heteroatoms. The highest BCUT2D eigenvalue weighted by Crippen LogP contribution is 2.50. The quantitative estimate of drug-likeness (QED) is 0.601. The smallest absolute Gasteiger partial charge is 0.0260 e. The van der Waals surface area contributed by atoms with Gasteiger partial charge in [-0.3, -0.25) is 0 Å². The van der Waals surface area contributed by atoms with Crippen molar-refractivity contribution in [1.82, 2.24) is 0 Å². The van der Waals surface area contributed by atoms with Crippen molar-refractivity contribution in [3.05, 3.63) is 0 Å². The van der Waals surface area contributed by atoms with Crippen LogP contribution in [-0.4, -0.2) is 9.86 Å². The summed E-state index contributed by atoms with van der Waals surface area (Å²) in [5.74, 6) is 0. The van der Waals surface area contributed by atoms with E-state index in [4.69, 9.17) is 5.73 Å². The third-order valence-corrected chi connectivity index (χ3v) is 4.40. The topological polar surface area (TPSA) is 26.0 Å². The van der Waals surface area contributed by atoms with Crippen LogP contribution in [0.1, 0.15) is 38.5 Å². The molecule has 3 fully saturated rings. The number of halogens is 1. The van der Waals surface area contributed by atoms with E-state index in [0.29, 0.717) is 4.32 Å². The molecule has 0 spiro atoms. The predicted molar refractivity (Wildman–Crippen MR) is 46.3 cm³/mol. The highest BCUT2D eigenvalue weighted by molar-refractivity contribution is 9.10. The van der Waals surface area contributed by atoms with Gasteiger partial charge < -0.3 is 5.73 Å². The number of fused-ring (bicyclic) bond motifs is 3. The maximum absolute atomic E-state index is 6.13. The fourth-order valence-corrected chi connectivity index (χ4v) is 2.76. The third-order valence-electron chi connectivity index (χ3n) is 3.21. The van der Waals surface area contributed by atoms with Crippen LogP contribution in [0.2, 0.25) is 0 Å². The molecule has 0 heterocycles. The summed E-state index contributed by atoms with van der Waals surface area (Å²) in [4.78, 5) is 0. The van der Waals surface area contributed by atoms with Crippen LogP contribution in [0.5, 0.6) is 0 Å². The Morgan fingerprint density at radius 1 is 0.900 bits per heavy atom. The summed E-state index contributed by atoms with van der Waals surface area (Å²) < 4.78 is 0.494. The summed E-state index contributed by atoms with van der Waals surface area (Å²) in [6.07, 6.45) is 7.59. The molecule has 3 aliphatic rings. The first-order valence-electron chi connectivity index (χ1n) is 4.10. The van der Waals surface area contributed by atoms with Gasteiger partial charge in [-0.05, 0) is 38.5 Å². The Hall–Kier alpha value is 0.440. The van der Waals surface area contributed by atoms with Crippen LogP contribution in [0.15, 0.2) is 0 Å². The van der Waals surface area contributed by atoms with Crippen LogP contribution < -0.4 is 5.73 Å². The van der Waals surface area contributed by atoms with E-state index >= 15 is 0 Å². The van der Waals surface area contributed by atoms with Gasteiger partial charge in [-0.15, -0.1) is 0 Å². The molecule has 0 amide bonds. The van der Waals surface area contributed by atoms with E-state index in [1.54, 1.807) is 0 Å². The summed E-state index contributed by atoms with van der Waals surface area (Å²) >= 11 is 3.80. The standard InChI is InChI=1S/C8H14BrN/c9-7-1-4-8(10,5-2-7)6-3-7/h1-6,10H2. The lowest BCUT2D eigenvalue weighted by atomic mass is 9.66. The SMILES string of the molecule is NC12CCC(Br)(CC1)CC2. The molecule has 0 saturated heterocycles. The molecule has 0 radical (unpaired) electrons. The van der Waals surface area contributed by atoms with Gasteiger partial charge in [-0.25, -0.2) is 0 Å². The van der Waals surface area contributed by atoms with E-state index in [9.17, 15) is 0 Å². The average molecular weight is 204 g/mol. The maximum Gasteiger partial charge on any atom is 0.0260 e. The molecule has 0 atom stereocenters. The Kier molecular flexibility index (Phi) is 1.41. The fraction of sp³-hybridized carbons (Fsp3) is 1.00. The first-order valence-corrected chi connectivity index (χ1v) is 4.89. The van der Waals surface area contributed by atoms with Crippen LogP contribution in [-0.2, 0) is 0 Å². The molecule has 58 valence electrons. The van der Waals surface area contributed by atoms with E-state index in [0.717, 1.165) is 0 Å². The minimum Gasteiger partial charge on any atom is -0.325 e. The second-order valence-corrected chi connectivity index (χ2v) is 5.70. The number of rotatable bonds is 0. The zero-order valence-corrected chi connectivity index (χ0v) is 7.78. The summed E-state index contributed by atoms with van der Waals surface area (Å²) in [6.45, 7) is 0. The second kappa shape index (κ2) is 1.98. The molecule has 0 aromatic rings. The van der Waals surface area contributed by atoms with Crippen LogP contribution in [0.3, 0.4) is 0 Å². The summed E-state index contributed by atoms with van der Waals surface area (Å²) in [6, 6.07) is 0. The molecule has 2 bridgehead atoms. The molecule has 0 aromatic heterocycles. The lowest BCUT2D eigenvalue weighted by molar-refractivity contribution is 0.168. The molecule has 0 unspecified atom stereocenters. The van der Waals surface area contributed by atoms with Gasteiger partial charge in [0.05, 0.1) is 0 Å². The molecular weight excluding hydrogens is 190 g/mol. The molecule has 1 nitrogen and oxygen atoms in total. The van der Waals surface area contributed by atoms with E-state index in [-0.39, 0.29) is 5.54 Å². The van der Waals surface area contributed by atoms with Crippen molar-refractivity contribution in [2.24, 2.45) is 5.73 Å². The van der Waals surface area contributed by atoms with Crippen molar-refractivity contribution < 1.29 is 0 Å². The van der Waals surface area contributed by atoms with Gasteiger partial charge in [0.15, 0.2) is 0 Å². The molecule has 3 aliphatic carbocycles. The number of hydrogen-bond acceptors (Lipinski definition) is 1. The van der Waals surface area contributed by atoms with E-state index in [1.165, 1.54) is 38.5 Å². The first-order chi connectivity index (χ1) is 4.62. The molecular formula is C8H14BrN. The van der Waals surface area contributed by atoms with Crippen molar-refractivity contribution in [1.29, 1.82) is 0 Å². The van der Waals surface area contributed by atoms with Crippen molar-refractivity contribution in [2.75, 3.05) is 0 Å². The molecule has 0 aromatic carbocycles. The van der Waals surface area contributed by atoms with Gasteiger partial charge in [0.2, 0.25) is 0 Å². The number of hydrogen-bond donors (Lipinski definition) is 1. The highest BCUT2D eigenvalue weighted by Gasteiger charge is 2.44. The number of alkyl halides is 1. The largest absolute Gasteiger partial charge is 0.325 e. The van der Waals surface area contributed by atoms with E-state index < -0.39 is 0 Å². The summed E-state index contributed by atoms with van der Waals surface area (Å²) in [5.41, 5.74) is 6.37. The molecule has 2 N–H and O–H groups in total. The maximum atomic E-state index is 6.13. The van der Waals surface area contributed by atoms with Gasteiger partial charge in [0, 0.05) is 9.86 Å². The van der Waals surface area contributed by atoms with Gasteiger partial charge in [-0.1, -0.05) is 15.9 Å². The van der Waals surface area contributed by atoms with Crippen LogP contribution in [0.25, 0.3) is 0 Å². The summed E-state index contributed by atoms with van der Waals surface area (Å²) in [5, 5.41) is 0. The van der Waals surface area contributed by atoms with E-state index in [1.807, 2.05) is 0 Å². The Morgan fingerprint density at radius 3 is 1.60 bits per heavy atom. The van der Waals surface area contributed by atoms with Crippen molar-refractivity contribution in [3.63, 3.8) is 0 Å². The minimum absolute atomic E-state index is 0.232. The Bertz CT molecular complexity index is 113. The highest BCUT2D eigenvalue weighted by atomic mass is 79.9. The van der Waals surface area contributed by atoms with Gasteiger partial charge in [0.25, 0.3) is 0 Å². The van der Waals surface area contributed by atoms with Crippen LogP contribution in [0, 0.1) is 0 Å². The average Bonchev–Trinajstić information content (AvgIpc) is 1.93.